The van der Waals surface area contributed by atoms with Crippen LogP contribution < -0.4 is 5.32 Å². The molecule has 0 aliphatic carbocycles. The maximum absolute atomic E-state index is 12.3. The molecular weight excluding hydrogens is 286 g/mol. The molecule has 0 heterocycles. The summed E-state index contributed by atoms with van der Waals surface area (Å²) in [5.41, 5.74) is 2.81. The minimum Gasteiger partial charge on any atom is -0.463 e. The van der Waals surface area contributed by atoms with Crippen LogP contribution in [0.25, 0.3) is 6.08 Å². The summed E-state index contributed by atoms with van der Waals surface area (Å²) in [6.07, 6.45) is 1.89. The second-order valence-electron chi connectivity index (χ2n) is 5.32. The van der Waals surface area contributed by atoms with Crippen LogP contribution in [0, 0.1) is 0 Å². The molecule has 3 heteroatoms. The fourth-order valence-electron chi connectivity index (χ4n) is 2.28. The first-order chi connectivity index (χ1) is 11.2. The molecule has 0 bridgehead atoms. The Hall–Kier alpha value is -2.39. The van der Waals surface area contributed by atoms with Crippen LogP contribution in [0.2, 0.25) is 0 Å². The number of carbonyl (C=O) groups excluding carboxylic acids is 1. The Bertz CT molecular complexity index is 635. The molecule has 1 N–H and O–H groups in total. The maximum Gasteiger partial charge on any atom is 0.335 e. The predicted octanol–water partition coefficient (Wildman–Crippen LogP) is 3.81. The standard InChI is InChI=1S/C20H23NO2/c1-3-23-20(22)19(14-17-10-6-4-7-11-17)16(2)21-15-18-12-8-5-9-13-18/h4-14,16,21H,3,15H2,1-2H3/b19-14-/t16-/m0/s1. The fourth-order valence-corrected chi connectivity index (χ4v) is 2.28. The topological polar surface area (TPSA) is 38.3 Å². The van der Waals surface area contributed by atoms with Crippen molar-refractivity contribution in [2.24, 2.45) is 0 Å². The molecule has 0 fully saturated rings. The molecule has 3 nitrogen and oxygen atoms in total. The van der Waals surface area contributed by atoms with E-state index in [0.717, 1.165) is 5.56 Å². The van der Waals surface area contributed by atoms with Crippen molar-refractivity contribution in [3.63, 3.8) is 0 Å². The van der Waals surface area contributed by atoms with Gasteiger partial charge in [-0.3, -0.25) is 0 Å². The number of ether oxygens (including phenoxy) is 1. The van der Waals surface area contributed by atoms with Gasteiger partial charge >= 0.3 is 5.97 Å². The zero-order valence-corrected chi connectivity index (χ0v) is 13.7. The van der Waals surface area contributed by atoms with E-state index < -0.39 is 0 Å². The molecule has 0 amide bonds. The van der Waals surface area contributed by atoms with Crippen molar-refractivity contribution in [2.45, 2.75) is 26.4 Å². The number of rotatable bonds is 7. The molecule has 0 unspecified atom stereocenters. The smallest absolute Gasteiger partial charge is 0.335 e. The van der Waals surface area contributed by atoms with E-state index in [2.05, 4.69) is 17.4 Å². The number of esters is 1. The van der Waals surface area contributed by atoms with Crippen molar-refractivity contribution in [1.82, 2.24) is 5.32 Å². The second-order valence-corrected chi connectivity index (χ2v) is 5.32. The van der Waals surface area contributed by atoms with Gasteiger partial charge in [-0.2, -0.15) is 0 Å². The molecule has 0 aliphatic heterocycles. The van der Waals surface area contributed by atoms with Gasteiger partial charge in [0.05, 0.1) is 12.2 Å². The van der Waals surface area contributed by atoms with Crippen LogP contribution in [0.5, 0.6) is 0 Å². The van der Waals surface area contributed by atoms with Crippen molar-refractivity contribution in [3.05, 3.63) is 77.4 Å². The van der Waals surface area contributed by atoms with Gasteiger partial charge in [0.1, 0.15) is 0 Å². The summed E-state index contributed by atoms with van der Waals surface area (Å²) in [4.78, 5) is 12.3. The summed E-state index contributed by atoms with van der Waals surface area (Å²) < 4.78 is 5.20. The van der Waals surface area contributed by atoms with E-state index in [1.165, 1.54) is 5.56 Å². The molecule has 120 valence electrons. The molecule has 0 saturated heterocycles. The average Bonchev–Trinajstić information content (AvgIpc) is 2.59. The van der Waals surface area contributed by atoms with Gasteiger partial charge < -0.3 is 10.1 Å². The highest BCUT2D eigenvalue weighted by molar-refractivity contribution is 5.95. The Morgan fingerprint density at radius 2 is 1.70 bits per heavy atom. The zero-order valence-electron chi connectivity index (χ0n) is 13.7. The van der Waals surface area contributed by atoms with Crippen LogP contribution in [0.1, 0.15) is 25.0 Å². The average molecular weight is 309 g/mol. The highest BCUT2D eigenvalue weighted by Crippen LogP contribution is 2.13. The first-order valence-electron chi connectivity index (χ1n) is 7.91. The number of carbonyl (C=O) groups is 1. The van der Waals surface area contributed by atoms with Crippen molar-refractivity contribution in [1.29, 1.82) is 0 Å². The van der Waals surface area contributed by atoms with Crippen LogP contribution in [0.4, 0.5) is 0 Å². The van der Waals surface area contributed by atoms with E-state index in [1.54, 1.807) is 0 Å². The van der Waals surface area contributed by atoms with Gasteiger partial charge in [0.25, 0.3) is 0 Å². The van der Waals surface area contributed by atoms with Crippen LogP contribution in [0.3, 0.4) is 0 Å². The molecule has 2 rings (SSSR count). The Labute approximate surface area is 138 Å². The van der Waals surface area contributed by atoms with E-state index in [-0.39, 0.29) is 12.0 Å². The molecule has 0 spiro atoms. The molecular formula is C20H23NO2. The molecule has 0 saturated carbocycles. The Balaban J connectivity index is 2.12. The van der Waals surface area contributed by atoms with Gasteiger partial charge in [-0.05, 0) is 31.1 Å². The van der Waals surface area contributed by atoms with E-state index in [4.69, 9.17) is 4.74 Å². The van der Waals surface area contributed by atoms with E-state index in [0.29, 0.717) is 18.7 Å². The molecule has 0 aliphatic rings. The third kappa shape index (κ3) is 5.38. The minimum absolute atomic E-state index is 0.102. The SMILES string of the molecule is CCOC(=O)/C(=C\c1ccccc1)[C@H](C)NCc1ccccc1. The summed E-state index contributed by atoms with van der Waals surface area (Å²) >= 11 is 0. The Kier molecular flexibility index (Phi) is 6.57. The summed E-state index contributed by atoms with van der Waals surface area (Å²) in [7, 11) is 0. The van der Waals surface area contributed by atoms with Gasteiger partial charge in [-0.15, -0.1) is 0 Å². The first-order valence-corrected chi connectivity index (χ1v) is 7.91. The second kappa shape index (κ2) is 8.91. The fraction of sp³-hybridized carbons (Fsp3) is 0.250. The largest absolute Gasteiger partial charge is 0.463 e. The van der Waals surface area contributed by atoms with Crippen LogP contribution in [-0.2, 0) is 16.1 Å². The molecule has 1 atom stereocenters. The Morgan fingerprint density at radius 1 is 1.09 bits per heavy atom. The van der Waals surface area contributed by atoms with E-state index >= 15 is 0 Å². The number of hydrogen-bond acceptors (Lipinski definition) is 3. The third-order valence-corrected chi connectivity index (χ3v) is 3.55. The number of benzene rings is 2. The zero-order chi connectivity index (χ0) is 16.5. The van der Waals surface area contributed by atoms with Gasteiger partial charge in [0.15, 0.2) is 0 Å². The lowest BCUT2D eigenvalue weighted by Gasteiger charge is -2.17. The lowest BCUT2D eigenvalue weighted by molar-refractivity contribution is -0.138. The summed E-state index contributed by atoms with van der Waals surface area (Å²) in [5, 5.41) is 3.39. The summed E-state index contributed by atoms with van der Waals surface area (Å²) in [6, 6.07) is 19.8. The Morgan fingerprint density at radius 3 is 2.30 bits per heavy atom. The van der Waals surface area contributed by atoms with Crippen molar-refractivity contribution in [3.8, 4) is 0 Å². The van der Waals surface area contributed by atoms with E-state index in [1.807, 2.05) is 68.5 Å². The monoisotopic (exact) mass is 309 g/mol. The van der Waals surface area contributed by atoms with Gasteiger partial charge in [0.2, 0.25) is 0 Å². The van der Waals surface area contributed by atoms with Crippen molar-refractivity contribution in [2.75, 3.05) is 6.61 Å². The highest BCUT2D eigenvalue weighted by Gasteiger charge is 2.18. The lowest BCUT2D eigenvalue weighted by atomic mass is 10.0. The molecule has 0 aromatic heterocycles. The van der Waals surface area contributed by atoms with Gasteiger partial charge in [-0.1, -0.05) is 60.7 Å². The first kappa shape index (κ1) is 17.0. The number of hydrogen-bond donors (Lipinski definition) is 1. The normalized spacial score (nSPS) is 12.7. The highest BCUT2D eigenvalue weighted by atomic mass is 16.5. The van der Waals surface area contributed by atoms with E-state index in [9.17, 15) is 4.79 Å². The predicted molar refractivity (Wildman–Crippen MR) is 93.8 cm³/mol. The third-order valence-electron chi connectivity index (χ3n) is 3.55. The van der Waals surface area contributed by atoms with Crippen LogP contribution in [-0.4, -0.2) is 18.6 Å². The molecule has 23 heavy (non-hydrogen) atoms. The van der Waals surface area contributed by atoms with Crippen molar-refractivity contribution < 1.29 is 9.53 Å². The molecule has 2 aromatic carbocycles. The molecule has 0 radical (unpaired) electrons. The van der Waals surface area contributed by atoms with Crippen molar-refractivity contribution >= 4 is 12.0 Å². The lowest BCUT2D eigenvalue weighted by Crippen LogP contribution is -2.31. The van der Waals surface area contributed by atoms with Gasteiger partial charge in [0, 0.05) is 12.6 Å². The van der Waals surface area contributed by atoms with Gasteiger partial charge in [-0.25, -0.2) is 4.79 Å². The molecule has 2 aromatic rings. The quantitative estimate of drug-likeness (QED) is 0.624. The number of nitrogens with one attached hydrogen (secondary N) is 1. The maximum atomic E-state index is 12.3. The summed E-state index contributed by atoms with van der Waals surface area (Å²) in [5.74, 6) is -0.274. The van der Waals surface area contributed by atoms with Crippen LogP contribution >= 0.6 is 0 Å². The minimum atomic E-state index is -0.274. The summed E-state index contributed by atoms with van der Waals surface area (Å²) in [6.45, 7) is 4.87. The van der Waals surface area contributed by atoms with Crippen LogP contribution in [0.15, 0.2) is 66.2 Å².